The van der Waals surface area contributed by atoms with Gasteiger partial charge in [-0.15, -0.1) is 0 Å². The minimum absolute atomic E-state index is 0.442. The molecule has 4 rings (SSSR count). The third-order valence-electron chi connectivity index (χ3n) is 6.85. The molecule has 35 heavy (non-hydrogen) atoms. The van der Waals surface area contributed by atoms with Gasteiger partial charge in [0.2, 0.25) is 5.88 Å². The second kappa shape index (κ2) is 13.3. The molecule has 0 spiro atoms. The van der Waals surface area contributed by atoms with E-state index in [1.807, 2.05) is 18.2 Å². The lowest BCUT2D eigenvalue weighted by Gasteiger charge is -2.33. The fourth-order valence-corrected chi connectivity index (χ4v) is 4.85. The highest BCUT2D eigenvalue weighted by Gasteiger charge is 2.27. The molecule has 1 aromatic heterocycles. The Hall–Kier alpha value is -2.01. The van der Waals surface area contributed by atoms with Crippen LogP contribution in [0.1, 0.15) is 12.0 Å². The summed E-state index contributed by atoms with van der Waals surface area (Å²) >= 11 is 0. The quantitative estimate of drug-likeness (QED) is 0.450. The van der Waals surface area contributed by atoms with E-state index in [0.29, 0.717) is 26.2 Å². The number of aliphatic hydroxyl groups is 1. The van der Waals surface area contributed by atoms with E-state index in [0.717, 1.165) is 88.2 Å². The molecule has 2 saturated heterocycles. The topological polar surface area (TPSA) is 77.7 Å². The minimum atomic E-state index is -0.442. The summed E-state index contributed by atoms with van der Waals surface area (Å²) in [4.78, 5) is 9.25. The van der Waals surface area contributed by atoms with Crippen LogP contribution in [0.2, 0.25) is 0 Å². The van der Waals surface area contributed by atoms with Gasteiger partial charge in [-0.1, -0.05) is 35.5 Å². The molecule has 1 aromatic carbocycles. The monoisotopic (exact) mass is 487 g/mol. The first-order chi connectivity index (χ1) is 17.1. The molecule has 2 aliphatic rings. The molecule has 9 heteroatoms. The van der Waals surface area contributed by atoms with Crippen molar-refractivity contribution in [1.29, 1.82) is 0 Å². The van der Waals surface area contributed by atoms with Crippen LogP contribution >= 0.6 is 0 Å². The van der Waals surface area contributed by atoms with E-state index in [2.05, 4.69) is 43.9 Å². The number of nitrogens with zero attached hydrogens (tertiary/aromatic N) is 5. The smallest absolute Gasteiger partial charge is 0.232 e. The molecule has 0 bridgehead atoms. The molecule has 0 saturated carbocycles. The number of piperazine rings is 1. The average Bonchev–Trinajstić information content (AvgIpc) is 3.29. The standard InChI is InChI=1S/C26H41N5O4/c1-28-10-12-31(13-11-28)26-24(25(27-35-26)22-7-4-3-5-8-22)21-30(9-6-16-33-2)20-23(32)19-29-14-17-34-18-15-29/h3-5,7-8,23,32H,6,9-21H2,1-2H3. The molecule has 2 fully saturated rings. The van der Waals surface area contributed by atoms with Crippen LogP contribution in [-0.2, 0) is 16.0 Å². The summed E-state index contributed by atoms with van der Waals surface area (Å²) in [6, 6.07) is 10.2. The van der Waals surface area contributed by atoms with Gasteiger partial charge in [-0.3, -0.25) is 9.80 Å². The number of hydrogen-bond acceptors (Lipinski definition) is 9. The van der Waals surface area contributed by atoms with E-state index in [1.54, 1.807) is 7.11 Å². The molecule has 0 radical (unpaired) electrons. The van der Waals surface area contributed by atoms with Crippen molar-refractivity contribution in [3.63, 3.8) is 0 Å². The maximum absolute atomic E-state index is 11.0. The maximum atomic E-state index is 11.0. The average molecular weight is 488 g/mol. The van der Waals surface area contributed by atoms with Crippen molar-refractivity contribution in [3.8, 4) is 11.3 Å². The van der Waals surface area contributed by atoms with Crippen LogP contribution in [0.3, 0.4) is 0 Å². The van der Waals surface area contributed by atoms with Crippen LogP contribution in [0.5, 0.6) is 0 Å². The molecular weight excluding hydrogens is 446 g/mol. The fraction of sp³-hybridized carbons (Fsp3) is 0.654. The molecule has 3 heterocycles. The van der Waals surface area contributed by atoms with E-state index in [9.17, 15) is 5.11 Å². The SMILES string of the molecule is COCCCN(Cc1c(-c2ccccc2)noc1N1CCN(C)CC1)CC(O)CN1CCOCC1. The highest BCUT2D eigenvalue weighted by molar-refractivity contribution is 5.68. The van der Waals surface area contributed by atoms with E-state index >= 15 is 0 Å². The molecular formula is C26H41N5O4. The predicted octanol–water partition coefficient (Wildman–Crippen LogP) is 1.63. The first-order valence-electron chi connectivity index (χ1n) is 12.8. The summed E-state index contributed by atoms with van der Waals surface area (Å²) in [7, 11) is 3.89. The summed E-state index contributed by atoms with van der Waals surface area (Å²) in [6.45, 7) is 10.5. The minimum Gasteiger partial charge on any atom is -0.390 e. The number of aromatic nitrogens is 1. The van der Waals surface area contributed by atoms with Gasteiger partial charge in [0.25, 0.3) is 0 Å². The zero-order valence-corrected chi connectivity index (χ0v) is 21.3. The number of rotatable bonds is 12. The summed E-state index contributed by atoms with van der Waals surface area (Å²) < 4.78 is 16.8. The van der Waals surface area contributed by atoms with Crippen LogP contribution in [0.15, 0.2) is 34.9 Å². The van der Waals surface area contributed by atoms with Gasteiger partial charge in [-0.25, -0.2) is 0 Å². The molecule has 1 atom stereocenters. The number of ether oxygens (including phenoxy) is 2. The molecule has 1 N–H and O–H groups in total. The second-order valence-corrected chi connectivity index (χ2v) is 9.62. The van der Waals surface area contributed by atoms with Gasteiger partial charge in [0, 0.05) is 84.7 Å². The Kier molecular flexibility index (Phi) is 9.93. The Bertz CT molecular complexity index is 866. The number of β-amino-alcohol motifs (C(OH)–C–C–N with tert-alkyl or cyclic N) is 1. The van der Waals surface area contributed by atoms with Crippen molar-refractivity contribution in [1.82, 2.24) is 19.9 Å². The summed E-state index contributed by atoms with van der Waals surface area (Å²) in [5, 5.41) is 15.5. The van der Waals surface area contributed by atoms with Gasteiger partial charge in [0.15, 0.2) is 0 Å². The van der Waals surface area contributed by atoms with Crippen molar-refractivity contribution in [2.75, 3.05) is 97.8 Å². The third-order valence-corrected chi connectivity index (χ3v) is 6.85. The van der Waals surface area contributed by atoms with Crippen LogP contribution in [0, 0.1) is 0 Å². The Labute approximate surface area is 209 Å². The van der Waals surface area contributed by atoms with Crippen molar-refractivity contribution in [3.05, 3.63) is 35.9 Å². The van der Waals surface area contributed by atoms with Crippen molar-refractivity contribution >= 4 is 5.88 Å². The lowest BCUT2D eigenvalue weighted by Crippen LogP contribution is -2.45. The Morgan fingerprint density at radius 2 is 1.83 bits per heavy atom. The molecule has 0 aliphatic carbocycles. The van der Waals surface area contributed by atoms with Crippen molar-refractivity contribution in [2.24, 2.45) is 0 Å². The van der Waals surface area contributed by atoms with Gasteiger partial charge >= 0.3 is 0 Å². The highest BCUT2D eigenvalue weighted by atomic mass is 16.5. The molecule has 9 nitrogen and oxygen atoms in total. The normalized spacial score (nSPS) is 18.9. The van der Waals surface area contributed by atoms with Crippen molar-refractivity contribution in [2.45, 2.75) is 19.1 Å². The van der Waals surface area contributed by atoms with Gasteiger partial charge < -0.3 is 28.9 Å². The molecule has 194 valence electrons. The number of methoxy groups -OCH3 is 1. The van der Waals surface area contributed by atoms with E-state index < -0.39 is 6.10 Å². The van der Waals surface area contributed by atoms with Gasteiger partial charge in [0.05, 0.1) is 24.9 Å². The number of anilines is 1. The van der Waals surface area contributed by atoms with Gasteiger partial charge in [-0.05, 0) is 13.5 Å². The third kappa shape index (κ3) is 7.49. The first kappa shape index (κ1) is 26.1. The van der Waals surface area contributed by atoms with E-state index in [1.165, 1.54) is 0 Å². The summed E-state index contributed by atoms with van der Waals surface area (Å²) in [6.07, 6.45) is 0.457. The van der Waals surface area contributed by atoms with Crippen LogP contribution in [0.25, 0.3) is 11.3 Å². The predicted molar refractivity (Wildman–Crippen MR) is 137 cm³/mol. The molecule has 2 aliphatic heterocycles. The lowest BCUT2D eigenvalue weighted by molar-refractivity contribution is 0.00570. The van der Waals surface area contributed by atoms with Gasteiger partial charge in [-0.2, -0.15) is 0 Å². The van der Waals surface area contributed by atoms with Crippen molar-refractivity contribution < 1.29 is 19.1 Å². The summed E-state index contributed by atoms with van der Waals surface area (Å²) in [5.74, 6) is 0.858. The van der Waals surface area contributed by atoms with Gasteiger partial charge in [0.1, 0.15) is 5.69 Å². The summed E-state index contributed by atoms with van der Waals surface area (Å²) in [5.41, 5.74) is 3.04. The van der Waals surface area contributed by atoms with E-state index in [-0.39, 0.29) is 0 Å². The molecule has 1 unspecified atom stereocenters. The number of hydrogen-bond donors (Lipinski definition) is 1. The highest BCUT2D eigenvalue weighted by Crippen LogP contribution is 2.33. The molecule has 0 amide bonds. The largest absolute Gasteiger partial charge is 0.390 e. The van der Waals surface area contributed by atoms with Crippen LogP contribution in [-0.4, -0.2) is 124 Å². The number of benzene rings is 1. The Morgan fingerprint density at radius 3 is 2.54 bits per heavy atom. The van der Waals surface area contributed by atoms with Crippen LogP contribution in [0.4, 0.5) is 5.88 Å². The molecule has 2 aromatic rings. The number of likely N-dealkylation sites (N-methyl/N-ethyl adjacent to an activating group) is 1. The number of morpholine rings is 1. The van der Waals surface area contributed by atoms with Crippen LogP contribution < -0.4 is 4.90 Å². The Morgan fingerprint density at radius 1 is 1.09 bits per heavy atom. The second-order valence-electron chi connectivity index (χ2n) is 9.62. The van der Waals surface area contributed by atoms with E-state index in [4.69, 9.17) is 14.0 Å². The zero-order valence-electron chi connectivity index (χ0n) is 21.3. The fourth-order valence-electron chi connectivity index (χ4n) is 4.85. The Balaban J connectivity index is 1.54. The first-order valence-corrected chi connectivity index (χ1v) is 12.8. The number of aliphatic hydroxyl groups excluding tert-OH is 1. The zero-order chi connectivity index (χ0) is 24.5. The lowest BCUT2D eigenvalue weighted by atomic mass is 10.1. The maximum Gasteiger partial charge on any atom is 0.232 e.